The molecule has 1 aromatic carbocycles. The average molecular weight is 275 g/mol. The Hall–Kier alpha value is -2.05. The maximum absolute atomic E-state index is 12.1. The molecule has 0 aliphatic rings. The van der Waals surface area contributed by atoms with Crippen LogP contribution in [0.4, 0.5) is 13.2 Å². The minimum atomic E-state index is -5.11. The van der Waals surface area contributed by atoms with Crippen LogP contribution < -0.4 is 5.32 Å². The number of halogens is 3. The van der Waals surface area contributed by atoms with Crippen LogP contribution in [0.3, 0.4) is 0 Å². The third kappa shape index (κ3) is 3.97. The SMILES string of the molecule is CC(c1ccccc1)C(NC(=O)C(F)(F)F)C(=O)O. The summed E-state index contributed by atoms with van der Waals surface area (Å²) in [5, 5.41) is 10.4. The Kier molecular flexibility index (Phi) is 4.52. The predicted octanol–water partition coefficient (Wildman–Crippen LogP) is 1.92. The van der Waals surface area contributed by atoms with Gasteiger partial charge in [0.25, 0.3) is 0 Å². The van der Waals surface area contributed by atoms with E-state index in [-0.39, 0.29) is 0 Å². The molecule has 2 N–H and O–H groups in total. The summed E-state index contributed by atoms with van der Waals surface area (Å²) >= 11 is 0. The average Bonchev–Trinajstić information content (AvgIpc) is 2.34. The molecule has 0 spiro atoms. The lowest BCUT2D eigenvalue weighted by Crippen LogP contribution is -2.49. The first-order valence-corrected chi connectivity index (χ1v) is 5.39. The van der Waals surface area contributed by atoms with Gasteiger partial charge in [-0.3, -0.25) is 4.79 Å². The topological polar surface area (TPSA) is 66.4 Å². The molecular formula is C12H12F3NO3. The van der Waals surface area contributed by atoms with E-state index in [2.05, 4.69) is 0 Å². The van der Waals surface area contributed by atoms with Gasteiger partial charge in [0.1, 0.15) is 6.04 Å². The third-order valence-corrected chi connectivity index (χ3v) is 2.64. The number of carboxylic acid groups (broad SMARTS) is 1. The normalized spacial score (nSPS) is 14.5. The standard InChI is InChI=1S/C12H12F3NO3/c1-7(8-5-3-2-4-6-8)9(10(17)18)16-11(19)12(13,14)15/h2-7,9H,1H3,(H,16,19)(H,17,18). The molecule has 4 nitrogen and oxygen atoms in total. The summed E-state index contributed by atoms with van der Waals surface area (Å²) in [5.41, 5.74) is 0.525. The van der Waals surface area contributed by atoms with Crippen LogP contribution in [0.25, 0.3) is 0 Å². The van der Waals surface area contributed by atoms with Crippen molar-refractivity contribution in [2.45, 2.75) is 25.1 Å². The number of carboxylic acids is 1. The van der Waals surface area contributed by atoms with Gasteiger partial charge < -0.3 is 10.4 Å². The van der Waals surface area contributed by atoms with E-state index in [1.54, 1.807) is 30.3 Å². The number of amides is 1. The van der Waals surface area contributed by atoms with Crippen molar-refractivity contribution in [3.8, 4) is 0 Å². The highest BCUT2D eigenvalue weighted by molar-refractivity contribution is 5.87. The van der Waals surface area contributed by atoms with Gasteiger partial charge in [0.05, 0.1) is 0 Å². The fourth-order valence-electron chi connectivity index (χ4n) is 1.57. The van der Waals surface area contributed by atoms with Crippen LogP contribution in [-0.4, -0.2) is 29.2 Å². The van der Waals surface area contributed by atoms with Crippen molar-refractivity contribution in [2.75, 3.05) is 0 Å². The molecule has 1 amide bonds. The Morgan fingerprint density at radius 3 is 2.16 bits per heavy atom. The Balaban J connectivity index is 2.90. The molecule has 7 heteroatoms. The van der Waals surface area contributed by atoms with Gasteiger partial charge >= 0.3 is 18.1 Å². The lowest BCUT2D eigenvalue weighted by atomic mass is 9.93. The third-order valence-electron chi connectivity index (χ3n) is 2.64. The molecule has 0 aromatic heterocycles. The van der Waals surface area contributed by atoms with Gasteiger partial charge in [-0.25, -0.2) is 4.79 Å². The molecule has 0 heterocycles. The smallest absolute Gasteiger partial charge is 0.471 e. The van der Waals surface area contributed by atoms with Gasteiger partial charge in [0, 0.05) is 5.92 Å². The van der Waals surface area contributed by atoms with Gasteiger partial charge in [0.15, 0.2) is 0 Å². The van der Waals surface area contributed by atoms with Crippen LogP contribution in [0.15, 0.2) is 30.3 Å². The van der Waals surface area contributed by atoms with Crippen LogP contribution >= 0.6 is 0 Å². The van der Waals surface area contributed by atoms with Crippen molar-refractivity contribution in [1.82, 2.24) is 5.32 Å². The first kappa shape index (κ1) is 15.0. The molecule has 0 aliphatic carbocycles. The van der Waals surface area contributed by atoms with Gasteiger partial charge in [-0.05, 0) is 5.56 Å². The van der Waals surface area contributed by atoms with E-state index in [1.807, 2.05) is 0 Å². The molecular weight excluding hydrogens is 263 g/mol. The lowest BCUT2D eigenvalue weighted by molar-refractivity contribution is -0.175. The van der Waals surface area contributed by atoms with E-state index in [9.17, 15) is 22.8 Å². The molecule has 104 valence electrons. The van der Waals surface area contributed by atoms with Crippen molar-refractivity contribution in [1.29, 1.82) is 0 Å². The lowest BCUT2D eigenvalue weighted by Gasteiger charge is -2.22. The van der Waals surface area contributed by atoms with E-state index in [1.165, 1.54) is 12.2 Å². The maximum Gasteiger partial charge on any atom is 0.471 e. The fraction of sp³-hybridized carbons (Fsp3) is 0.333. The summed E-state index contributed by atoms with van der Waals surface area (Å²) in [7, 11) is 0. The second kappa shape index (κ2) is 5.73. The number of alkyl halides is 3. The van der Waals surface area contributed by atoms with E-state index >= 15 is 0 Å². The van der Waals surface area contributed by atoms with E-state index in [4.69, 9.17) is 5.11 Å². The van der Waals surface area contributed by atoms with Crippen molar-refractivity contribution >= 4 is 11.9 Å². The molecule has 19 heavy (non-hydrogen) atoms. The highest BCUT2D eigenvalue weighted by atomic mass is 19.4. The second-order valence-electron chi connectivity index (χ2n) is 3.99. The highest BCUT2D eigenvalue weighted by Gasteiger charge is 2.42. The fourth-order valence-corrected chi connectivity index (χ4v) is 1.57. The quantitative estimate of drug-likeness (QED) is 0.882. The Labute approximate surface area is 107 Å². The highest BCUT2D eigenvalue weighted by Crippen LogP contribution is 2.21. The first-order valence-electron chi connectivity index (χ1n) is 5.39. The zero-order valence-electron chi connectivity index (χ0n) is 9.94. The summed E-state index contributed by atoms with van der Waals surface area (Å²) in [6.45, 7) is 1.44. The number of nitrogens with one attached hydrogen (secondary N) is 1. The summed E-state index contributed by atoms with van der Waals surface area (Å²) in [5.74, 6) is -4.57. The Morgan fingerprint density at radius 2 is 1.74 bits per heavy atom. The number of rotatable bonds is 4. The zero-order valence-corrected chi connectivity index (χ0v) is 9.94. The molecule has 1 aromatic rings. The van der Waals surface area contributed by atoms with Gasteiger partial charge in [-0.15, -0.1) is 0 Å². The van der Waals surface area contributed by atoms with Crippen molar-refractivity contribution in [2.24, 2.45) is 0 Å². The van der Waals surface area contributed by atoms with Crippen LogP contribution in [0.5, 0.6) is 0 Å². The minimum Gasteiger partial charge on any atom is -0.480 e. The maximum atomic E-state index is 12.1. The van der Waals surface area contributed by atoms with Gasteiger partial charge in [-0.2, -0.15) is 13.2 Å². The number of aliphatic carboxylic acids is 1. The minimum absolute atomic E-state index is 0.525. The van der Waals surface area contributed by atoms with Crippen LogP contribution in [-0.2, 0) is 9.59 Å². The number of hydrogen-bond donors (Lipinski definition) is 2. The van der Waals surface area contributed by atoms with Crippen LogP contribution in [0.2, 0.25) is 0 Å². The molecule has 2 unspecified atom stereocenters. The van der Waals surface area contributed by atoms with Gasteiger partial charge in [-0.1, -0.05) is 37.3 Å². The second-order valence-corrected chi connectivity index (χ2v) is 3.99. The van der Waals surface area contributed by atoms with E-state index < -0.39 is 30.0 Å². The summed E-state index contributed by atoms with van der Waals surface area (Å²) in [6, 6.07) is 6.49. The summed E-state index contributed by atoms with van der Waals surface area (Å²) in [4.78, 5) is 21.8. The Morgan fingerprint density at radius 1 is 1.21 bits per heavy atom. The molecule has 2 atom stereocenters. The van der Waals surface area contributed by atoms with Crippen molar-refractivity contribution in [3.05, 3.63) is 35.9 Å². The zero-order chi connectivity index (χ0) is 14.6. The summed E-state index contributed by atoms with van der Waals surface area (Å²) < 4.78 is 36.4. The van der Waals surface area contributed by atoms with Gasteiger partial charge in [0.2, 0.25) is 0 Å². The van der Waals surface area contributed by atoms with Crippen molar-refractivity contribution in [3.63, 3.8) is 0 Å². The number of carbonyl (C=O) groups is 2. The van der Waals surface area contributed by atoms with Crippen LogP contribution in [0, 0.1) is 0 Å². The molecule has 0 aliphatic heterocycles. The predicted molar refractivity (Wildman–Crippen MR) is 60.5 cm³/mol. The molecule has 0 radical (unpaired) electrons. The summed E-state index contributed by atoms with van der Waals surface area (Å²) in [6.07, 6.45) is -5.11. The van der Waals surface area contributed by atoms with Crippen LogP contribution in [0.1, 0.15) is 18.4 Å². The largest absolute Gasteiger partial charge is 0.480 e. The Bertz CT molecular complexity index is 459. The number of carbonyl (C=O) groups excluding carboxylic acids is 1. The van der Waals surface area contributed by atoms with Crippen molar-refractivity contribution < 1.29 is 27.9 Å². The number of hydrogen-bond acceptors (Lipinski definition) is 2. The van der Waals surface area contributed by atoms with E-state index in [0.29, 0.717) is 5.56 Å². The monoisotopic (exact) mass is 275 g/mol. The molecule has 0 saturated carbocycles. The molecule has 0 saturated heterocycles. The molecule has 0 fully saturated rings. The molecule has 1 rings (SSSR count). The van der Waals surface area contributed by atoms with E-state index in [0.717, 1.165) is 0 Å². The molecule has 0 bridgehead atoms. The number of benzene rings is 1. The first-order chi connectivity index (χ1) is 8.73.